The fraction of sp³-hybridized carbons (Fsp3) is 0.588. The fourth-order valence-electron chi connectivity index (χ4n) is 3.39. The SMILES string of the molecule is Cc1cc(C)nc(NC[C@H]2CCO[C@@H]2c2c(C)nn(C)c2C)n1. The Balaban J connectivity index is 1.74. The highest BCUT2D eigenvalue weighted by atomic mass is 16.5. The zero-order chi connectivity index (χ0) is 16.6. The van der Waals surface area contributed by atoms with Crippen LogP contribution in [-0.4, -0.2) is 32.9 Å². The first-order chi connectivity index (χ1) is 11.0. The van der Waals surface area contributed by atoms with E-state index < -0.39 is 0 Å². The van der Waals surface area contributed by atoms with Gasteiger partial charge in [-0.15, -0.1) is 0 Å². The van der Waals surface area contributed by atoms with E-state index in [2.05, 4.69) is 34.2 Å². The zero-order valence-corrected chi connectivity index (χ0v) is 14.6. The Morgan fingerprint density at radius 3 is 2.52 bits per heavy atom. The first-order valence-corrected chi connectivity index (χ1v) is 8.13. The smallest absolute Gasteiger partial charge is 0.223 e. The van der Waals surface area contributed by atoms with Crippen molar-refractivity contribution in [2.24, 2.45) is 13.0 Å². The van der Waals surface area contributed by atoms with Gasteiger partial charge in [-0.1, -0.05) is 0 Å². The number of anilines is 1. The Labute approximate surface area is 137 Å². The number of aryl methyl sites for hydroxylation is 4. The van der Waals surface area contributed by atoms with E-state index in [-0.39, 0.29) is 6.10 Å². The summed E-state index contributed by atoms with van der Waals surface area (Å²) in [6.45, 7) is 9.74. The van der Waals surface area contributed by atoms with Crippen LogP contribution in [0.5, 0.6) is 0 Å². The second kappa shape index (κ2) is 6.28. The van der Waals surface area contributed by atoms with Crippen LogP contribution in [0.2, 0.25) is 0 Å². The maximum absolute atomic E-state index is 6.03. The summed E-state index contributed by atoms with van der Waals surface area (Å²) in [5, 5.41) is 7.91. The predicted molar refractivity (Wildman–Crippen MR) is 89.5 cm³/mol. The number of nitrogens with zero attached hydrogens (tertiary/aromatic N) is 4. The molecule has 23 heavy (non-hydrogen) atoms. The lowest BCUT2D eigenvalue weighted by atomic mass is 9.94. The highest BCUT2D eigenvalue weighted by molar-refractivity contribution is 5.31. The maximum atomic E-state index is 6.03. The van der Waals surface area contributed by atoms with Gasteiger partial charge < -0.3 is 10.1 Å². The molecule has 0 bridgehead atoms. The summed E-state index contributed by atoms with van der Waals surface area (Å²) in [6.07, 6.45) is 1.14. The molecule has 2 aromatic heterocycles. The van der Waals surface area contributed by atoms with Gasteiger partial charge in [0.25, 0.3) is 0 Å². The van der Waals surface area contributed by atoms with Gasteiger partial charge >= 0.3 is 0 Å². The van der Waals surface area contributed by atoms with E-state index in [1.165, 1.54) is 11.3 Å². The summed E-state index contributed by atoms with van der Waals surface area (Å²) >= 11 is 0. The molecular weight excluding hydrogens is 290 g/mol. The van der Waals surface area contributed by atoms with Gasteiger partial charge in [-0.05, 0) is 40.2 Å². The Morgan fingerprint density at radius 1 is 1.22 bits per heavy atom. The van der Waals surface area contributed by atoms with E-state index >= 15 is 0 Å². The standard InChI is InChI=1S/C17H25N5O/c1-10-8-11(2)20-17(19-10)18-9-14-6-7-23-16(14)15-12(3)21-22(5)13(15)4/h8,14,16H,6-7,9H2,1-5H3,(H,18,19,20)/t14-,16+/m1/s1. The van der Waals surface area contributed by atoms with E-state index in [0.717, 1.165) is 36.7 Å². The number of rotatable bonds is 4. The van der Waals surface area contributed by atoms with E-state index in [4.69, 9.17) is 4.74 Å². The van der Waals surface area contributed by atoms with Crippen LogP contribution in [0.4, 0.5) is 5.95 Å². The minimum atomic E-state index is 0.0992. The average molecular weight is 315 g/mol. The molecule has 1 aliphatic heterocycles. The minimum absolute atomic E-state index is 0.0992. The summed E-state index contributed by atoms with van der Waals surface area (Å²) in [4.78, 5) is 8.90. The first kappa shape index (κ1) is 15.9. The number of hydrogen-bond acceptors (Lipinski definition) is 5. The van der Waals surface area contributed by atoms with Crippen molar-refractivity contribution in [3.8, 4) is 0 Å². The summed E-state index contributed by atoms with van der Waals surface area (Å²) in [5.74, 6) is 1.11. The highest BCUT2D eigenvalue weighted by Gasteiger charge is 2.33. The topological polar surface area (TPSA) is 64.9 Å². The van der Waals surface area contributed by atoms with E-state index in [1.54, 1.807) is 0 Å². The molecule has 1 N–H and O–H groups in total. The summed E-state index contributed by atoms with van der Waals surface area (Å²) in [6, 6.07) is 1.98. The van der Waals surface area contributed by atoms with Crippen molar-refractivity contribution in [1.29, 1.82) is 0 Å². The third-order valence-electron chi connectivity index (χ3n) is 4.57. The lowest BCUT2D eigenvalue weighted by Gasteiger charge is -2.20. The van der Waals surface area contributed by atoms with Crippen LogP contribution >= 0.6 is 0 Å². The summed E-state index contributed by atoms with van der Waals surface area (Å²) in [7, 11) is 1.98. The van der Waals surface area contributed by atoms with Gasteiger partial charge in [0.1, 0.15) is 0 Å². The Hall–Kier alpha value is -1.95. The Kier molecular flexibility index (Phi) is 4.35. The number of hydrogen-bond donors (Lipinski definition) is 1. The normalized spacial score (nSPS) is 20.9. The number of ether oxygens (including phenoxy) is 1. The lowest BCUT2D eigenvalue weighted by molar-refractivity contribution is 0.0922. The monoisotopic (exact) mass is 315 g/mol. The molecule has 124 valence electrons. The van der Waals surface area contributed by atoms with Gasteiger partial charge in [0.15, 0.2) is 0 Å². The largest absolute Gasteiger partial charge is 0.373 e. The molecule has 6 nitrogen and oxygen atoms in total. The van der Waals surface area contributed by atoms with Crippen LogP contribution in [0.15, 0.2) is 6.07 Å². The molecule has 0 saturated carbocycles. The molecule has 1 aliphatic rings. The van der Waals surface area contributed by atoms with E-state index in [1.807, 2.05) is 31.6 Å². The van der Waals surface area contributed by atoms with Gasteiger partial charge in [-0.2, -0.15) is 5.10 Å². The first-order valence-electron chi connectivity index (χ1n) is 8.13. The van der Waals surface area contributed by atoms with E-state index in [9.17, 15) is 0 Å². The van der Waals surface area contributed by atoms with Crippen molar-refractivity contribution in [3.05, 3.63) is 34.4 Å². The summed E-state index contributed by atoms with van der Waals surface area (Å²) < 4.78 is 7.96. The van der Waals surface area contributed by atoms with Crippen molar-refractivity contribution >= 4 is 5.95 Å². The summed E-state index contributed by atoms with van der Waals surface area (Å²) in [5.41, 5.74) is 5.45. The van der Waals surface area contributed by atoms with Crippen molar-refractivity contribution < 1.29 is 4.74 Å². The van der Waals surface area contributed by atoms with Crippen molar-refractivity contribution in [3.63, 3.8) is 0 Å². The van der Waals surface area contributed by atoms with Crippen molar-refractivity contribution in [1.82, 2.24) is 19.7 Å². The Bertz CT molecular complexity index is 689. The Morgan fingerprint density at radius 2 is 1.91 bits per heavy atom. The quantitative estimate of drug-likeness (QED) is 0.939. The van der Waals surface area contributed by atoms with Crippen LogP contribution in [0.1, 0.15) is 40.9 Å². The number of nitrogens with one attached hydrogen (secondary N) is 1. The molecule has 0 spiro atoms. The van der Waals surface area contributed by atoms with Crippen LogP contribution in [0.3, 0.4) is 0 Å². The molecular formula is C17H25N5O. The molecule has 2 atom stereocenters. The van der Waals surface area contributed by atoms with Gasteiger partial charge in [0, 0.05) is 48.8 Å². The molecule has 2 aromatic rings. The van der Waals surface area contributed by atoms with Crippen LogP contribution < -0.4 is 5.32 Å². The third kappa shape index (κ3) is 3.22. The van der Waals surface area contributed by atoms with E-state index in [0.29, 0.717) is 11.9 Å². The lowest BCUT2D eigenvalue weighted by Crippen LogP contribution is -2.20. The third-order valence-corrected chi connectivity index (χ3v) is 4.57. The second-order valence-corrected chi connectivity index (χ2v) is 6.40. The molecule has 3 heterocycles. The molecule has 1 fully saturated rings. The van der Waals surface area contributed by atoms with Gasteiger partial charge in [0.05, 0.1) is 11.8 Å². The van der Waals surface area contributed by atoms with Crippen molar-refractivity contribution in [2.45, 2.75) is 40.2 Å². The molecule has 6 heteroatoms. The van der Waals surface area contributed by atoms with Crippen LogP contribution in [-0.2, 0) is 11.8 Å². The molecule has 3 rings (SSSR count). The second-order valence-electron chi connectivity index (χ2n) is 6.40. The minimum Gasteiger partial charge on any atom is -0.373 e. The molecule has 0 unspecified atom stereocenters. The fourth-order valence-corrected chi connectivity index (χ4v) is 3.39. The molecule has 0 radical (unpaired) electrons. The van der Waals surface area contributed by atoms with Crippen LogP contribution in [0.25, 0.3) is 0 Å². The maximum Gasteiger partial charge on any atom is 0.223 e. The van der Waals surface area contributed by atoms with Crippen LogP contribution in [0, 0.1) is 33.6 Å². The molecule has 0 aliphatic carbocycles. The predicted octanol–water partition coefficient (Wildman–Crippen LogP) is 2.63. The zero-order valence-electron chi connectivity index (χ0n) is 14.6. The van der Waals surface area contributed by atoms with Gasteiger partial charge in [-0.25, -0.2) is 9.97 Å². The molecule has 0 aromatic carbocycles. The molecule has 1 saturated heterocycles. The average Bonchev–Trinajstić information content (AvgIpc) is 3.01. The van der Waals surface area contributed by atoms with Crippen molar-refractivity contribution in [2.75, 3.05) is 18.5 Å². The number of aromatic nitrogens is 4. The van der Waals surface area contributed by atoms with Gasteiger partial charge in [0.2, 0.25) is 5.95 Å². The van der Waals surface area contributed by atoms with Gasteiger partial charge in [-0.3, -0.25) is 4.68 Å². The molecule has 0 amide bonds. The highest BCUT2D eigenvalue weighted by Crippen LogP contribution is 2.37.